The van der Waals surface area contributed by atoms with Crippen molar-refractivity contribution in [1.29, 1.82) is 0 Å². The molecule has 0 heterocycles. The van der Waals surface area contributed by atoms with Crippen molar-refractivity contribution in [3.05, 3.63) is 71.8 Å². The van der Waals surface area contributed by atoms with Gasteiger partial charge in [0.15, 0.2) is 0 Å². The number of carbonyl (C=O) groups is 2. The molecule has 9 heteroatoms. The Kier molecular flexibility index (Phi) is 5.44. The SMILES string of the molecule is O=C(c1cc(C(=O)C(F)(F)F)c2ccccc2c1Sc1ccccc1)C(F)(F)F. The summed E-state index contributed by atoms with van der Waals surface area (Å²) in [5.74, 6) is -4.64. The summed E-state index contributed by atoms with van der Waals surface area (Å²) in [6.45, 7) is 0. The Morgan fingerprint density at radius 3 is 1.69 bits per heavy atom. The average molecular weight is 428 g/mol. The molecular formula is C20H10F6O2S. The molecule has 150 valence electrons. The molecule has 0 aliphatic carbocycles. The van der Waals surface area contributed by atoms with E-state index in [1.54, 1.807) is 30.3 Å². The van der Waals surface area contributed by atoms with Gasteiger partial charge in [0.05, 0.1) is 0 Å². The summed E-state index contributed by atoms with van der Waals surface area (Å²) in [5.41, 5.74) is -2.00. The quantitative estimate of drug-likeness (QED) is 0.352. The van der Waals surface area contributed by atoms with Gasteiger partial charge in [-0.2, -0.15) is 26.3 Å². The largest absolute Gasteiger partial charge is 0.454 e. The van der Waals surface area contributed by atoms with Crippen molar-refractivity contribution in [3.8, 4) is 0 Å². The van der Waals surface area contributed by atoms with Gasteiger partial charge in [-0.25, -0.2) is 0 Å². The number of rotatable bonds is 4. The fourth-order valence-corrected chi connectivity index (χ4v) is 3.81. The maximum Gasteiger partial charge on any atom is 0.454 e. The summed E-state index contributed by atoms with van der Waals surface area (Å²) < 4.78 is 78.5. The first-order chi connectivity index (χ1) is 13.5. The molecule has 3 rings (SSSR count). The molecule has 0 saturated heterocycles. The lowest BCUT2D eigenvalue weighted by Gasteiger charge is -2.17. The molecule has 0 fully saturated rings. The fourth-order valence-electron chi connectivity index (χ4n) is 2.73. The van der Waals surface area contributed by atoms with Crippen molar-refractivity contribution in [2.24, 2.45) is 0 Å². The van der Waals surface area contributed by atoms with Crippen molar-refractivity contribution >= 4 is 34.1 Å². The van der Waals surface area contributed by atoms with Gasteiger partial charge in [-0.05, 0) is 29.0 Å². The predicted molar refractivity (Wildman–Crippen MR) is 95.3 cm³/mol. The van der Waals surface area contributed by atoms with E-state index in [4.69, 9.17) is 0 Å². The van der Waals surface area contributed by atoms with Crippen LogP contribution >= 0.6 is 11.8 Å². The van der Waals surface area contributed by atoms with E-state index in [9.17, 15) is 35.9 Å². The minimum absolute atomic E-state index is 0.0518. The molecule has 0 N–H and O–H groups in total. The first-order valence-corrected chi connectivity index (χ1v) is 8.83. The lowest BCUT2D eigenvalue weighted by molar-refractivity contribution is -0.0888. The third-order valence-corrected chi connectivity index (χ3v) is 5.11. The highest BCUT2D eigenvalue weighted by molar-refractivity contribution is 7.99. The minimum Gasteiger partial charge on any atom is -0.284 e. The van der Waals surface area contributed by atoms with Crippen LogP contribution in [0.5, 0.6) is 0 Å². The van der Waals surface area contributed by atoms with Gasteiger partial charge >= 0.3 is 12.4 Å². The summed E-state index contributed by atoms with van der Waals surface area (Å²) in [5, 5.41) is -0.240. The van der Waals surface area contributed by atoms with Crippen LogP contribution in [0.3, 0.4) is 0 Å². The van der Waals surface area contributed by atoms with Gasteiger partial charge in [0, 0.05) is 20.9 Å². The highest BCUT2D eigenvalue weighted by Gasteiger charge is 2.44. The summed E-state index contributed by atoms with van der Waals surface area (Å²) >= 11 is 0.803. The molecule has 0 atom stereocenters. The molecule has 0 radical (unpaired) electrons. The van der Waals surface area contributed by atoms with Crippen LogP contribution in [0.15, 0.2) is 70.5 Å². The van der Waals surface area contributed by atoms with E-state index < -0.39 is 35.0 Å². The van der Waals surface area contributed by atoms with Crippen LogP contribution in [0.25, 0.3) is 10.8 Å². The van der Waals surface area contributed by atoms with Crippen molar-refractivity contribution in [3.63, 3.8) is 0 Å². The number of carbonyl (C=O) groups excluding carboxylic acids is 2. The van der Waals surface area contributed by atoms with Gasteiger partial charge in [0.2, 0.25) is 0 Å². The third-order valence-electron chi connectivity index (χ3n) is 3.96. The van der Waals surface area contributed by atoms with Gasteiger partial charge in [-0.3, -0.25) is 9.59 Å². The van der Waals surface area contributed by atoms with E-state index in [0.717, 1.165) is 11.8 Å². The van der Waals surface area contributed by atoms with Gasteiger partial charge in [-0.1, -0.05) is 54.2 Å². The Bertz CT molecular complexity index is 1090. The lowest BCUT2D eigenvalue weighted by atomic mass is 9.95. The van der Waals surface area contributed by atoms with E-state index in [1.807, 2.05) is 0 Å². The van der Waals surface area contributed by atoms with Crippen LogP contribution in [-0.2, 0) is 0 Å². The molecule has 3 aromatic carbocycles. The molecule has 0 spiro atoms. The molecule has 29 heavy (non-hydrogen) atoms. The van der Waals surface area contributed by atoms with Gasteiger partial charge in [-0.15, -0.1) is 0 Å². The van der Waals surface area contributed by atoms with Crippen LogP contribution in [0.4, 0.5) is 26.3 Å². The van der Waals surface area contributed by atoms with Crippen LogP contribution in [0, 0.1) is 0 Å². The van der Waals surface area contributed by atoms with Gasteiger partial charge in [0.25, 0.3) is 11.6 Å². The zero-order valence-corrected chi connectivity index (χ0v) is 15.1. The minimum atomic E-state index is -5.33. The zero-order chi connectivity index (χ0) is 21.4. The number of ketones is 2. The van der Waals surface area contributed by atoms with E-state index in [-0.39, 0.29) is 15.7 Å². The Balaban J connectivity index is 2.35. The van der Waals surface area contributed by atoms with Crippen LogP contribution in [0.1, 0.15) is 20.7 Å². The number of alkyl halides is 6. The van der Waals surface area contributed by atoms with Gasteiger partial charge in [0.1, 0.15) is 0 Å². The van der Waals surface area contributed by atoms with Crippen molar-refractivity contribution < 1.29 is 35.9 Å². The molecule has 2 nitrogen and oxygen atoms in total. The molecule has 0 aromatic heterocycles. The molecular weight excluding hydrogens is 418 g/mol. The first kappa shape index (κ1) is 20.9. The number of Topliss-reactive ketones (excluding diaryl/α,β-unsaturated/α-hetero) is 2. The van der Waals surface area contributed by atoms with Crippen molar-refractivity contribution in [1.82, 2.24) is 0 Å². The van der Waals surface area contributed by atoms with Crippen molar-refractivity contribution in [2.45, 2.75) is 22.1 Å². The number of hydrogen-bond donors (Lipinski definition) is 0. The summed E-state index contributed by atoms with van der Waals surface area (Å²) in [4.78, 5) is 24.2. The topological polar surface area (TPSA) is 34.1 Å². The zero-order valence-electron chi connectivity index (χ0n) is 14.3. The molecule has 0 saturated carbocycles. The highest BCUT2D eigenvalue weighted by Crippen LogP contribution is 2.41. The Hall–Kier alpha value is -2.81. The number of fused-ring (bicyclic) bond motifs is 1. The maximum atomic E-state index is 13.2. The second kappa shape index (κ2) is 7.55. The van der Waals surface area contributed by atoms with E-state index >= 15 is 0 Å². The molecule has 0 amide bonds. The van der Waals surface area contributed by atoms with Crippen LogP contribution in [-0.4, -0.2) is 23.9 Å². The third kappa shape index (κ3) is 4.29. The number of hydrogen-bond acceptors (Lipinski definition) is 3. The molecule has 0 bridgehead atoms. The maximum absolute atomic E-state index is 13.2. The molecule has 3 aromatic rings. The van der Waals surface area contributed by atoms with E-state index in [1.165, 1.54) is 24.3 Å². The van der Waals surface area contributed by atoms with Crippen molar-refractivity contribution in [2.75, 3.05) is 0 Å². The second-order valence-electron chi connectivity index (χ2n) is 5.92. The molecule has 0 aliphatic rings. The second-order valence-corrected chi connectivity index (χ2v) is 7.00. The standard InChI is InChI=1S/C20H10F6O2S/c21-19(22,23)17(27)14-10-15(18(28)20(24,25)26)16(13-9-5-4-8-12(13)14)29-11-6-2-1-3-7-11/h1-10H. The molecule has 0 aliphatic heterocycles. The Morgan fingerprint density at radius 1 is 0.655 bits per heavy atom. The summed E-state index contributed by atoms with van der Waals surface area (Å²) in [7, 11) is 0. The molecule has 0 unspecified atom stereocenters. The Morgan fingerprint density at radius 2 is 1.14 bits per heavy atom. The number of halogens is 6. The summed E-state index contributed by atoms with van der Waals surface area (Å²) in [6.07, 6.45) is -10.6. The highest BCUT2D eigenvalue weighted by atomic mass is 32.2. The average Bonchev–Trinajstić information content (AvgIpc) is 2.66. The van der Waals surface area contributed by atoms with Gasteiger partial charge < -0.3 is 0 Å². The lowest BCUT2D eigenvalue weighted by Crippen LogP contribution is -2.26. The number of benzene rings is 3. The van der Waals surface area contributed by atoms with Crippen LogP contribution in [0.2, 0.25) is 0 Å². The smallest absolute Gasteiger partial charge is 0.284 e. The van der Waals surface area contributed by atoms with E-state index in [0.29, 0.717) is 11.0 Å². The van der Waals surface area contributed by atoms with Crippen LogP contribution < -0.4 is 0 Å². The summed E-state index contributed by atoms with van der Waals surface area (Å²) in [6, 6.07) is 13.7. The Labute approximate surface area is 164 Å². The predicted octanol–water partition coefficient (Wildman–Crippen LogP) is 6.48. The monoisotopic (exact) mass is 428 g/mol. The normalized spacial score (nSPS) is 12.2. The fraction of sp³-hybridized carbons (Fsp3) is 0.100. The van der Waals surface area contributed by atoms with E-state index in [2.05, 4.69) is 0 Å². The first-order valence-electron chi connectivity index (χ1n) is 8.02.